The summed E-state index contributed by atoms with van der Waals surface area (Å²) in [7, 11) is 0. The molecule has 0 bridgehead atoms. The van der Waals surface area contributed by atoms with Crippen molar-refractivity contribution in [3.8, 4) is 0 Å². The molecule has 2 fully saturated rings. The number of benzene rings is 1. The first-order valence-corrected chi connectivity index (χ1v) is 12.4. The second kappa shape index (κ2) is 10.6. The highest BCUT2D eigenvalue weighted by Gasteiger charge is 2.16. The molecule has 1 aromatic heterocycles. The van der Waals surface area contributed by atoms with Gasteiger partial charge in [-0.3, -0.25) is 4.98 Å². The van der Waals surface area contributed by atoms with Crippen molar-refractivity contribution >= 4 is 10.9 Å². The van der Waals surface area contributed by atoms with Gasteiger partial charge >= 0.3 is 0 Å². The van der Waals surface area contributed by atoms with E-state index in [0.29, 0.717) is 0 Å². The number of fused-ring (bicyclic) bond motifs is 1. The molecule has 1 saturated carbocycles. The molecule has 2 aromatic rings. The molecule has 2 nitrogen and oxygen atoms in total. The molecular formula is C27H40N2. The molecule has 1 saturated heterocycles. The molecule has 0 spiro atoms. The number of hydrogen-bond donors (Lipinski definition) is 0. The highest BCUT2D eigenvalue weighted by Crippen LogP contribution is 2.30. The Hall–Kier alpha value is -1.41. The van der Waals surface area contributed by atoms with E-state index in [4.69, 9.17) is 4.98 Å². The Morgan fingerprint density at radius 1 is 0.862 bits per heavy atom. The van der Waals surface area contributed by atoms with E-state index in [1.807, 2.05) is 0 Å². The maximum Gasteiger partial charge on any atom is 0.0708 e. The maximum absolute atomic E-state index is 4.97. The number of aromatic nitrogens is 1. The molecule has 0 unspecified atom stereocenters. The van der Waals surface area contributed by atoms with Gasteiger partial charge in [0.15, 0.2) is 0 Å². The van der Waals surface area contributed by atoms with Crippen LogP contribution in [0.2, 0.25) is 0 Å². The summed E-state index contributed by atoms with van der Waals surface area (Å²) in [5.74, 6) is 1.04. The van der Waals surface area contributed by atoms with Gasteiger partial charge in [0.1, 0.15) is 0 Å². The molecule has 158 valence electrons. The summed E-state index contributed by atoms with van der Waals surface area (Å²) in [6, 6.07) is 8.81. The minimum absolute atomic E-state index is 1.04. The Morgan fingerprint density at radius 2 is 1.62 bits per heavy atom. The lowest BCUT2D eigenvalue weighted by Gasteiger charge is -2.18. The number of para-hydroxylation sites is 1. The van der Waals surface area contributed by atoms with Crippen molar-refractivity contribution in [2.45, 2.75) is 90.4 Å². The van der Waals surface area contributed by atoms with Gasteiger partial charge in [0.05, 0.1) is 5.52 Å². The van der Waals surface area contributed by atoms with Crippen LogP contribution >= 0.6 is 0 Å². The fraction of sp³-hybridized carbons (Fsp3) is 0.667. The maximum atomic E-state index is 4.97. The fourth-order valence-corrected chi connectivity index (χ4v) is 5.77. The molecular weight excluding hydrogens is 352 g/mol. The fourth-order valence-electron chi connectivity index (χ4n) is 5.77. The first kappa shape index (κ1) is 20.8. The lowest BCUT2D eigenvalue weighted by Crippen LogP contribution is -2.21. The summed E-state index contributed by atoms with van der Waals surface area (Å²) in [6.07, 6.45) is 18.0. The minimum atomic E-state index is 1.04. The van der Waals surface area contributed by atoms with Gasteiger partial charge in [0.2, 0.25) is 0 Å². The summed E-state index contributed by atoms with van der Waals surface area (Å²) in [5, 5.41) is 1.40. The first-order valence-electron chi connectivity index (χ1n) is 12.4. The monoisotopic (exact) mass is 392 g/mol. The zero-order valence-electron chi connectivity index (χ0n) is 18.6. The molecule has 1 aliphatic heterocycles. The molecule has 2 heteroatoms. The number of rotatable bonds is 10. The molecule has 4 rings (SSSR count). The van der Waals surface area contributed by atoms with Crippen LogP contribution in [-0.2, 0) is 12.8 Å². The zero-order chi connectivity index (χ0) is 19.9. The molecule has 0 atom stereocenters. The Labute approximate surface area is 178 Å². The molecule has 1 aliphatic carbocycles. The minimum Gasteiger partial charge on any atom is -0.303 e. The van der Waals surface area contributed by atoms with Gasteiger partial charge in [-0.25, -0.2) is 0 Å². The standard InChI is InChI=1S/C27H40N2/c1-22-24(15-4-2-3-12-23-13-5-6-14-23)25(17-11-21-29-19-9-10-20-29)26-16-7-8-18-27(26)28-22/h7-8,16,18,23H,2-6,9-15,17,19-21H2,1H3. The number of aryl methyl sites for hydroxylation is 2. The van der Waals surface area contributed by atoms with E-state index in [2.05, 4.69) is 36.1 Å². The number of hydrogen-bond acceptors (Lipinski definition) is 2. The summed E-state index contributed by atoms with van der Waals surface area (Å²) >= 11 is 0. The summed E-state index contributed by atoms with van der Waals surface area (Å²) in [5.41, 5.74) is 5.62. The Kier molecular flexibility index (Phi) is 7.60. The lowest BCUT2D eigenvalue weighted by molar-refractivity contribution is 0.334. The smallest absolute Gasteiger partial charge is 0.0708 e. The summed E-state index contributed by atoms with van der Waals surface area (Å²) in [4.78, 5) is 7.63. The van der Waals surface area contributed by atoms with Crippen molar-refractivity contribution in [1.82, 2.24) is 9.88 Å². The third-order valence-electron chi connectivity index (χ3n) is 7.43. The van der Waals surface area contributed by atoms with Crippen LogP contribution in [0, 0.1) is 12.8 Å². The second-order valence-electron chi connectivity index (χ2n) is 9.57. The van der Waals surface area contributed by atoms with Gasteiger partial charge in [-0.05, 0) is 88.2 Å². The van der Waals surface area contributed by atoms with E-state index >= 15 is 0 Å². The van der Waals surface area contributed by atoms with E-state index in [-0.39, 0.29) is 0 Å². The van der Waals surface area contributed by atoms with Crippen LogP contribution in [0.4, 0.5) is 0 Å². The van der Waals surface area contributed by atoms with E-state index in [0.717, 1.165) is 5.92 Å². The third kappa shape index (κ3) is 5.60. The predicted octanol–water partition coefficient (Wildman–Crippen LogP) is 6.86. The predicted molar refractivity (Wildman–Crippen MR) is 125 cm³/mol. The van der Waals surface area contributed by atoms with Crippen LogP contribution in [0.5, 0.6) is 0 Å². The van der Waals surface area contributed by atoms with Crippen molar-refractivity contribution in [2.24, 2.45) is 5.92 Å². The average Bonchev–Trinajstić information content (AvgIpc) is 3.43. The highest BCUT2D eigenvalue weighted by molar-refractivity contribution is 5.83. The molecule has 29 heavy (non-hydrogen) atoms. The summed E-state index contributed by atoms with van der Waals surface area (Å²) in [6.45, 7) is 6.12. The normalized spacial score (nSPS) is 18.2. The van der Waals surface area contributed by atoms with Gasteiger partial charge in [-0.2, -0.15) is 0 Å². The Balaban J connectivity index is 1.39. The molecule has 0 radical (unpaired) electrons. The molecule has 0 N–H and O–H groups in total. The number of nitrogens with zero attached hydrogens (tertiary/aromatic N) is 2. The van der Waals surface area contributed by atoms with Gasteiger partial charge in [-0.15, -0.1) is 0 Å². The first-order chi connectivity index (χ1) is 14.3. The number of likely N-dealkylation sites (tertiary alicyclic amines) is 1. The van der Waals surface area contributed by atoms with Crippen molar-refractivity contribution in [1.29, 1.82) is 0 Å². The second-order valence-corrected chi connectivity index (χ2v) is 9.57. The molecule has 2 heterocycles. The van der Waals surface area contributed by atoms with E-state index in [9.17, 15) is 0 Å². The van der Waals surface area contributed by atoms with Crippen molar-refractivity contribution in [3.05, 3.63) is 41.1 Å². The van der Waals surface area contributed by atoms with Gasteiger partial charge < -0.3 is 4.90 Å². The van der Waals surface area contributed by atoms with E-state index in [1.165, 1.54) is 120 Å². The van der Waals surface area contributed by atoms with Crippen LogP contribution in [0.1, 0.15) is 87.4 Å². The van der Waals surface area contributed by atoms with Crippen molar-refractivity contribution in [3.63, 3.8) is 0 Å². The quantitative estimate of drug-likeness (QED) is 0.410. The topological polar surface area (TPSA) is 16.1 Å². The zero-order valence-corrected chi connectivity index (χ0v) is 18.6. The molecule has 2 aliphatic rings. The van der Waals surface area contributed by atoms with Crippen LogP contribution in [0.15, 0.2) is 24.3 Å². The van der Waals surface area contributed by atoms with Crippen LogP contribution < -0.4 is 0 Å². The number of pyridine rings is 1. The Bertz CT molecular complexity index is 769. The van der Waals surface area contributed by atoms with E-state index in [1.54, 1.807) is 11.1 Å². The molecule has 1 aromatic carbocycles. The highest BCUT2D eigenvalue weighted by atomic mass is 15.1. The SMILES string of the molecule is Cc1nc2ccccc2c(CCCN2CCCC2)c1CCCCCC1CCCC1. The van der Waals surface area contributed by atoms with Gasteiger partial charge in [-0.1, -0.05) is 63.1 Å². The lowest BCUT2D eigenvalue weighted by atomic mass is 9.92. The molecule has 0 amide bonds. The largest absolute Gasteiger partial charge is 0.303 e. The van der Waals surface area contributed by atoms with Crippen LogP contribution in [0.25, 0.3) is 10.9 Å². The van der Waals surface area contributed by atoms with Gasteiger partial charge in [0, 0.05) is 11.1 Å². The van der Waals surface area contributed by atoms with Crippen LogP contribution in [-0.4, -0.2) is 29.5 Å². The Morgan fingerprint density at radius 3 is 2.45 bits per heavy atom. The van der Waals surface area contributed by atoms with Gasteiger partial charge in [0.25, 0.3) is 0 Å². The van der Waals surface area contributed by atoms with Crippen molar-refractivity contribution < 1.29 is 0 Å². The average molecular weight is 393 g/mol. The summed E-state index contributed by atoms with van der Waals surface area (Å²) < 4.78 is 0. The van der Waals surface area contributed by atoms with Crippen LogP contribution in [0.3, 0.4) is 0 Å². The third-order valence-corrected chi connectivity index (χ3v) is 7.43. The van der Waals surface area contributed by atoms with Crippen molar-refractivity contribution in [2.75, 3.05) is 19.6 Å². The number of unbranched alkanes of at least 4 members (excludes halogenated alkanes) is 2. The van der Waals surface area contributed by atoms with E-state index < -0.39 is 0 Å².